The van der Waals surface area contributed by atoms with Gasteiger partial charge in [-0.2, -0.15) is 0 Å². The lowest BCUT2D eigenvalue weighted by atomic mass is 10.3. The van der Waals surface area contributed by atoms with Crippen molar-refractivity contribution in [3.63, 3.8) is 0 Å². The molecule has 0 amide bonds. The Labute approximate surface area is 113 Å². The molecule has 2 heterocycles. The van der Waals surface area contributed by atoms with Crippen LogP contribution in [0.3, 0.4) is 0 Å². The molecule has 2 aromatic heterocycles. The Morgan fingerprint density at radius 3 is 2.95 bits per heavy atom. The van der Waals surface area contributed by atoms with Gasteiger partial charge in [-0.15, -0.1) is 11.3 Å². The van der Waals surface area contributed by atoms with Crippen molar-refractivity contribution in [1.29, 1.82) is 0 Å². The lowest BCUT2D eigenvalue weighted by Gasteiger charge is -2.07. The van der Waals surface area contributed by atoms with Crippen LogP contribution in [-0.4, -0.2) is 27.1 Å². The van der Waals surface area contributed by atoms with Crippen LogP contribution in [-0.2, 0) is 0 Å². The van der Waals surface area contributed by atoms with Crippen LogP contribution in [0, 0.1) is 6.92 Å². The number of unbranched alkanes of at least 4 members (excludes halogenated alkanes) is 1. The van der Waals surface area contributed by atoms with Crippen LogP contribution in [0.5, 0.6) is 5.75 Å². The molecule has 0 bridgehead atoms. The fourth-order valence-electron chi connectivity index (χ4n) is 1.63. The summed E-state index contributed by atoms with van der Waals surface area (Å²) in [4.78, 5) is 28.6. The number of ether oxygens (including phenoxy) is 1. The predicted molar refractivity (Wildman–Crippen MR) is 71.4 cm³/mol. The molecule has 0 aliphatic carbocycles. The molecule has 102 valence electrons. The summed E-state index contributed by atoms with van der Waals surface area (Å²) in [5.41, 5.74) is -0.786. The zero-order chi connectivity index (χ0) is 14.0. The number of rotatable bonds is 5. The van der Waals surface area contributed by atoms with Crippen molar-refractivity contribution >= 4 is 22.3 Å². The van der Waals surface area contributed by atoms with Crippen molar-refractivity contribution in [3.8, 4) is 5.75 Å². The van der Waals surface area contributed by atoms with Gasteiger partial charge in [-0.1, -0.05) is 13.3 Å². The molecular weight excluding hydrogens is 268 g/mol. The number of hydrogen-bond acceptors (Lipinski definition) is 5. The Balaban J connectivity index is 2.57. The lowest BCUT2D eigenvalue weighted by molar-refractivity contribution is 0.0685. The average molecular weight is 282 g/mol. The summed E-state index contributed by atoms with van der Waals surface area (Å²) in [6, 6.07) is 0. The number of carboxylic acid groups (broad SMARTS) is 1. The molecule has 0 aromatic carbocycles. The molecule has 0 saturated carbocycles. The minimum atomic E-state index is -1.25. The van der Waals surface area contributed by atoms with Crippen molar-refractivity contribution in [3.05, 3.63) is 27.1 Å². The van der Waals surface area contributed by atoms with E-state index < -0.39 is 11.5 Å². The first-order valence-corrected chi connectivity index (χ1v) is 6.75. The topological polar surface area (TPSA) is 80.9 Å². The zero-order valence-electron chi connectivity index (χ0n) is 10.7. The second-order valence-corrected chi connectivity index (χ2v) is 5.31. The Bertz CT molecular complexity index is 674. The molecule has 0 saturated heterocycles. The monoisotopic (exact) mass is 282 g/mol. The Morgan fingerprint density at radius 1 is 1.58 bits per heavy atom. The predicted octanol–water partition coefficient (Wildman–Crippen LogP) is 1.94. The third kappa shape index (κ3) is 2.60. The molecule has 0 atom stereocenters. The van der Waals surface area contributed by atoms with Crippen molar-refractivity contribution in [1.82, 2.24) is 9.38 Å². The SMILES string of the molecule is CCCCOc1c(C(=O)O)nc2sc(C)cn2c1=O. The van der Waals surface area contributed by atoms with E-state index in [1.54, 1.807) is 6.20 Å². The van der Waals surface area contributed by atoms with E-state index in [4.69, 9.17) is 9.84 Å². The smallest absolute Gasteiger partial charge is 0.358 e. The van der Waals surface area contributed by atoms with Gasteiger partial charge in [-0.05, 0) is 13.3 Å². The third-order valence-corrected chi connectivity index (χ3v) is 3.45. The van der Waals surface area contributed by atoms with Crippen LogP contribution >= 0.6 is 11.3 Å². The van der Waals surface area contributed by atoms with Gasteiger partial charge in [-0.25, -0.2) is 9.78 Å². The molecule has 19 heavy (non-hydrogen) atoms. The number of aromatic nitrogens is 2. The molecule has 6 nitrogen and oxygen atoms in total. The first-order valence-electron chi connectivity index (χ1n) is 5.93. The molecule has 0 fully saturated rings. The summed E-state index contributed by atoms with van der Waals surface area (Å²) >= 11 is 1.27. The van der Waals surface area contributed by atoms with E-state index >= 15 is 0 Å². The molecule has 2 aromatic rings. The van der Waals surface area contributed by atoms with E-state index in [2.05, 4.69) is 4.98 Å². The minimum Gasteiger partial charge on any atom is -0.486 e. The highest BCUT2D eigenvalue weighted by Crippen LogP contribution is 2.18. The molecule has 0 unspecified atom stereocenters. The number of aryl methyl sites for hydroxylation is 1. The number of carboxylic acids is 1. The third-order valence-electron chi connectivity index (χ3n) is 2.55. The van der Waals surface area contributed by atoms with Crippen LogP contribution in [0.1, 0.15) is 35.1 Å². The van der Waals surface area contributed by atoms with Crippen LogP contribution in [0.4, 0.5) is 0 Å². The van der Waals surface area contributed by atoms with E-state index in [1.807, 2.05) is 13.8 Å². The largest absolute Gasteiger partial charge is 0.486 e. The first-order chi connectivity index (χ1) is 9.04. The van der Waals surface area contributed by atoms with Crippen molar-refractivity contribution in [2.45, 2.75) is 26.7 Å². The van der Waals surface area contributed by atoms with E-state index in [1.165, 1.54) is 15.7 Å². The van der Waals surface area contributed by atoms with Crippen molar-refractivity contribution in [2.24, 2.45) is 0 Å². The number of hydrogen-bond donors (Lipinski definition) is 1. The number of fused-ring (bicyclic) bond motifs is 1. The second-order valence-electron chi connectivity index (χ2n) is 4.10. The summed E-state index contributed by atoms with van der Waals surface area (Å²) in [5.74, 6) is -1.44. The van der Waals surface area contributed by atoms with Gasteiger partial charge in [0.1, 0.15) is 0 Å². The van der Waals surface area contributed by atoms with Gasteiger partial charge in [0, 0.05) is 11.1 Å². The molecule has 1 N–H and O–H groups in total. The Kier molecular flexibility index (Phi) is 3.84. The fraction of sp³-hybridized carbons (Fsp3) is 0.417. The second kappa shape index (κ2) is 5.40. The van der Waals surface area contributed by atoms with Crippen LogP contribution in [0.15, 0.2) is 11.0 Å². The summed E-state index contributed by atoms with van der Waals surface area (Å²) in [5, 5.41) is 9.13. The fourth-order valence-corrected chi connectivity index (χ4v) is 2.45. The van der Waals surface area contributed by atoms with Gasteiger partial charge >= 0.3 is 11.5 Å². The average Bonchev–Trinajstić information content (AvgIpc) is 2.73. The lowest BCUT2D eigenvalue weighted by Crippen LogP contribution is -2.21. The summed E-state index contributed by atoms with van der Waals surface area (Å²) in [7, 11) is 0. The van der Waals surface area contributed by atoms with Gasteiger partial charge in [0.2, 0.25) is 5.75 Å². The van der Waals surface area contributed by atoms with Crippen molar-refractivity contribution in [2.75, 3.05) is 6.61 Å². The Morgan fingerprint density at radius 2 is 2.32 bits per heavy atom. The van der Waals surface area contributed by atoms with Crippen LogP contribution in [0.2, 0.25) is 0 Å². The van der Waals surface area contributed by atoms with E-state index in [0.717, 1.165) is 17.7 Å². The van der Waals surface area contributed by atoms with E-state index in [-0.39, 0.29) is 11.4 Å². The highest BCUT2D eigenvalue weighted by molar-refractivity contribution is 7.16. The molecule has 7 heteroatoms. The normalized spacial score (nSPS) is 10.8. The van der Waals surface area contributed by atoms with Crippen LogP contribution < -0.4 is 10.3 Å². The van der Waals surface area contributed by atoms with Gasteiger partial charge in [0.15, 0.2) is 10.7 Å². The maximum atomic E-state index is 12.2. The maximum absolute atomic E-state index is 12.2. The summed E-state index contributed by atoms with van der Waals surface area (Å²) in [6.07, 6.45) is 3.29. The standard InChI is InChI=1S/C12H14N2O4S/c1-3-4-5-18-9-8(11(16)17)13-12-14(10(9)15)6-7(2)19-12/h6H,3-5H2,1-2H3,(H,16,17). The van der Waals surface area contributed by atoms with Gasteiger partial charge in [0.25, 0.3) is 0 Å². The molecule has 0 radical (unpaired) electrons. The van der Waals surface area contributed by atoms with Gasteiger partial charge in [-0.3, -0.25) is 9.20 Å². The summed E-state index contributed by atoms with van der Waals surface area (Å²) in [6.45, 7) is 4.12. The first kappa shape index (κ1) is 13.5. The number of aromatic carboxylic acids is 1. The van der Waals surface area contributed by atoms with E-state index in [9.17, 15) is 9.59 Å². The molecule has 2 rings (SSSR count). The maximum Gasteiger partial charge on any atom is 0.358 e. The van der Waals surface area contributed by atoms with Crippen molar-refractivity contribution < 1.29 is 14.6 Å². The zero-order valence-corrected chi connectivity index (χ0v) is 11.5. The minimum absolute atomic E-state index is 0.184. The molecule has 0 aliphatic heterocycles. The number of thiazole rings is 1. The van der Waals surface area contributed by atoms with Crippen LogP contribution in [0.25, 0.3) is 4.96 Å². The molecule has 0 spiro atoms. The summed E-state index contributed by atoms with van der Waals surface area (Å²) < 4.78 is 6.64. The highest BCUT2D eigenvalue weighted by Gasteiger charge is 2.20. The van der Waals surface area contributed by atoms with Gasteiger partial charge in [0.05, 0.1) is 6.61 Å². The molecule has 0 aliphatic rings. The van der Waals surface area contributed by atoms with Gasteiger partial charge < -0.3 is 9.84 Å². The molecular formula is C12H14N2O4S. The van der Waals surface area contributed by atoms with E-state index in [0.29, 0.717) is 11.6 Å². The number of carbonyl (C=O) groups is 1. The quantitative estimate of drug-likeness (QED) is 0.848. The highest BCUT2D eigenvalue weighted by atomic mass is 32.1. The number of nitrogens with zero attached hydrogens (tertiary/aromatic N) is 2. The Hall–Kier alpha value is -1.89.